The summed E-state index contributed by atoms with van der Waals surface area (Å²) in [6, 6.07) is 6.11. The molecule has 1 aliphatic heterocycles. The average Bonchev–Trinajstić information content (AvgIpc) is 3.19. The first-order chi connectivity index (χ1) is 15.3. The van der Waals surface area contributed by atoms with Crippen molar-refractivity contribution in [2.75, 3.05) is 49.6 Å². The zero-order chi connectivity index (χ0) is 23.3. The van der Waals surface area contributed by atoms with Crippen molar-refractivity contribution in [2.45, 2.75) is 47.5 Å². The van der Waals surface area contributed by atoms with Gasteiger partial charge in [0, 0.05) is 51.0 Å². The van der Waals surface area contributed by atoms with Crippen LogP contribution in [0.5, 0.6) is 5.75 Å². The molecule has 1 saturated heterocycles. The predicted molar refractivity (Wildman–Crippen MR) is 130 cm³/mol. The SMILES string of the molecule is CCOc1cc(CC)ccc1N(C)C(=O)N1CCC(C)(CN(CC)c2nccnc2C)C1. The van der Waals surface area contributed by atoms with Gasteiger partial charge in [-0.1, -0.05) is 19.9 Å². The van der Waals surface area contributed by atoms with Crippen LogP contribution in [0.3, 0.4) is 0 Å². The molecule has 0 radical (unpaired) electrons. The number of aromatic nitrogens is 2. The van der Waals surface area contributed by atoms with Crippen molar-refractivity contribution < 1.29 is 9.53 Å². The molecule has 1 aromatic carbocycles. The minimum Gasteiger partial charge on any atom is -0.492 e. The molecule has 0 spiro atoms. The Kier molecular flexibility index (Phi) is 7.59. The lowest BCUT2D eigenvalue weighted by Gasteiger charge is -2.33. The molecule has 0 aliphatic carbocycles. The van der Waals surface area contributed by atoms with Crippen molar-refractivity contribution in [2.24, 2.45) is 5.41 Å². The predicted octanol–water partition coefficient (Wildman–Crippen LogP) is 4.54. The maximum Gasteiger partial charge on any atom is 0.324 e. The fourth-order valence-electron chi connectivity index (χ4n) is 4.47. The molecule has 2 heterocycles. The summed E-state index contributed by atoms with van der Waals surface area (Å²) >= 11 is 0. The van der Waals surface area contributed by atoms with Gasteiger partial charge in [-0.3, -0.25) is 9.88 Å². The van der Waals surface area contributed by atoms with Crippen molar-refractivity contribution >= 4 is 17.5 Å². The summed E-state index contributed by atoms with van der Waals surface area (Å²) in [4.78, 5) is 28.3. The van der Waals surface area contributed by atoms with Gasteiger partial charge >= 0.3 is 6.03 Å². The molecule has 1 fully saturated rings. The third-order valence-electron chi connectivity index (χ3n) is 6.32. The smallest absolute Gasteiger partial charge is 0.324 e. The summed E-state index contributed by atoms with van der Waals surface area (Å²) in [6.45, 7) is 14.2. The number of urea groups is 1. The zero-order valence-corrected chi connectivity index (χ0v) is 20.4. The van der Waals surface area contributed by atoms with Gasteiger partial charge < -0.3 is 14.5 Å². The van der Waals surface area contributed by atoms with Crippen LogP contribution in [0.25, 0.3) is 0 Å². The summed E-state index contributed by atoms with van der Waals surface area (Å²) in [7, 11) is 1.84. The van der Waals surface area contributed by atoms with E-state index in [4.69, 9.17) is 4.74 Å². The molecule has 1 unspecified atom stereocenters. The van der Waals surface area contributed by atoms with Crippen molar-refractivity contribution in [3.63, 3.8) is 0 Å². The molecule has 7 heteroatoms. The number of carbonyl (C=O) groups excluding carboxylic acids is 1. The second-order valence-electron chi connectivity index (χ2n) is 8.89. The average molecular weight is 440 g/mol. The highest BCUT2D eigenvalue weighted by Crippen LogP contribution is 2.35. The molecule has 1 aromatic heterocycles. The van der Waals surface area contributed by atoms with Crippen LogP contribution in [0.1, 0.15) is 45.4 Å². The van der Waals surface area contributed by atoms with Gasteiger partial charge in [-0.25, -0.2) is 9.78 Å². The summed E-state index contributed by atoms with van der Waals surface area (Å²) in [6.07, 6.45) is 5.35. The monoisotopic (exact) mass is 439 g/mol. The van der Waals surface area contributed by atoms with Crippen molar-refractivity contribution in [3.8, 4) is 5.75 Å². The first kappa shape index (κ1) is 23.8. The summed E-state index contributed by atoms with van der Waals surface area (Å²) in [5.74, 6) is 1.69. The van der Waals surface area contributed by atoms with Gasteiger partial charge in [-0.05, 0) is 51.3 Å². The Bertz CT molecular complexity index is 934. The highest BCUT2D eigenvalue weighted by atomic mass is 16.5. The lowest BCUT2D eigenvalue weighted by molar-refractivity contribution is 0.209. The normalized spacial score (nSPS) is 18.0. The van der Waals surface area contributed by atoms with Crippen LogP contribution in [0.15, 0.2) is 30.6 Å². The summed E-state index contributed by atoms with van der Waals surface area (Å²) in [5.41, 5.74) is 2.94. The number of rotatable bonds is 8. The molecular weight excluding hydrogens is 402 g/mol. The fourth-order valence-corrected chi connectivity index (χ4v) is 4.47. The molecule has 0 bridgehead atoms. The number of nitrogens with zero attached hydrogens (tertiary/aromatic N) is 5. The molecule has 32 heavy (non-hydrogen) atoms. The minimum atomic E-state index is -0.00864. The Morgan fingerprint density at radius 3 is 2.62 bits per heavy atom. The second-order valence-corrected chi connectivity index (χ2v) is 8.89. The second kappa shape index (κ2) is 10.2. The van der Waals surface area contributed by atoms with E-state index in [-0.39, 0.29) is 11.4 Å². The third-order valence-corrected chi connectivity index (χ3v) is 6.32. The maximum atomic E-state index is 13.4. The lowest BCUT2D eigenvalue weighted by atomic mass is 9.89. The van der Waals surface area contributed by atoms with E-state index in [1.807, 2.05) is 37.9 Å². The van der Waals surface area contributed by atoms with E-state index in [9.17, 15) is 4.79 Å². The van der Waals surface area contributed by atoms with Crippen molar-refractivity contribution in [3.05, 3.63) is 41.9 Å². The topological polar surface area (TPSA) is 61.8 Å². The van der Waals surface area contributed by atoms with Gasteiger partial charge in [0.25, 0.3) is 0 Å². The number of aryl methyl sites for hydroxylation is 2. The molecule has 1 atom stereocenters. The Labute approximate surface area is 192 Å². The van der Waals surface area contributed by atoms with Crippen LogP contribution in [-0.2, 0) is 6.42 Å². The largest absolute Gasteiger partial charge is 0.492 e. The van der Waals surface area contributed by atoms with E-state index in [0.29, 0.717) is 13.2 Å². The maximum absolute atomic E-state index is 13.4. The van der Waals surface area contributed by atoms with Gasteiger partial charge in [0.05, 0.1) is 18.0 Å². The number of ether oxygens (including phenoxy) is 1. The Hall–Kier alpha value is -2.83. The molecule has 2 amide bonds. The fraction of sp³-hybridized carbons (Fsp3) is 0.560. The van der Waals surface area contributed by atoms with Gasteiger partial charge in [0.15, 0.2) is 0 Å². The molecule has 2 aromatic rings. The lowest BCUT2D eigenvalue weighted by Crippen LogP contribution is -2.43. The number of benzene rings is 1. The minimum absolute atomic E-state index is 0.00864. The zero-order valence-electron chi connectivity index (χ0n) is 20.4. The summed E-state index contributed by atoms with van der Waals surface area (Å²) in [5, 5.41) is 0. The Balaban J connectivity index is 1.73. The van der Waals surface area contributed by atoms with E-state index < -0.39 is 0 Å². The third kappa shape index (κ3) is 5.14. The molecule has 1 aliphatic rings. The van der Waals surface area contributed by atoms with E-state index in [2.05, 4.69) is 41.7 Å². The summed E-state index contributed by atoms with van der Waals surface area (Å²) < 4.78 is 5.85. The number of carbonyl (C=O) groups is 1. The highest BCUT2D eigenvalue weighted by molar-refractivity contribution is 5.93. The molecule has 7 nitrogen and oxygen atoms in total. The van der Waals surface area contributed by atoms with E-state index in [1.165, 1.54) is 5.56 Å². The van der Waals surface area contributed by atoms with Gasteiger partial charge in [0.2, 0.25) is 0 Å². The number of hydrogen-bond donors (Lipinski definition) is 0. The van der Waals surface area contributed by atoms with Crippen LogP contribution >= 0.6 is 0 Å². The standard InChI is InChI=1S/C25H37N5O2/c1-7-20-10-11-21(22(16-20)32-9-3)28(6)24(31)30-15-12-25(5,18-30)17-29(8-2)23-19(4)26-13-14-27-23/h10-11,13-14,16H,7-9,12,15,17-18H2,1-6H3. The van der Waals surface area contributed by atoms with E-state index in [0.717, 1.165) is 55.4 Å². The van der Waals surface area contributed by atoms with Crippen molar-refractivity contribution in [1.29, 1.82) is 0 Å². The van der Waals surface area contributed by atoms with Gasteiger partial charge in [-0.15, -0.1) is 0 Å². The van der Waals surface area contributed by atoms with Crippen LogP contribution in [0.2, 0.25) is 0 Å². The number of likely N-dealkylation sites (tertiary alicyclic amines) is 1. The van der Waals surface area contributed by atoms with Gasteiger partial charge in [0.1, 0.15) is 11.6 Å². The van der Waals surface area contributed by atoms with E-state index in [1.54, 1.807) is 17.3 Å². The molecule has 0 saturated carbocycles. The van der Waals surface area contributed by atoms with E-state index >= 15 is 0 Å². The van der Waals surface area contributed by atoms with Crippen LogP contribution < -0.4 is 14.5 Å². The van der Waals surface area contributed by atoms with Crippen molar-refractivity contribution in [1.82, 2.24) is 14.9 Å². The molecule has 3 rings (SSSR count). The first-order valence-electron chi connectivity index (χ1n) is 11.6. The Morgan fingerprint density at radius 1 is 1.22 bits per heavy atom. The number of hydrogen-bond acceptors (Lipinski definition) is 5. The number of anilines is 2. The molecule has 0 N–H and O–H groups in total. The van der Waals surface area contributed by atoms with Crippen LogP contribution in [0.4, 0.5) is 16.3 Å². The quantitative estimate of drug-likeness (QED) is 0.604. The number of amides is 2. The molecule has 174 valence electrons. The van der Waals surface area contributed by atoms with Gasteiger partial charge in [-0.2, -0.15) is 0 Å². The molecular formula is C25H37N5O2. The van der Waals surface area contributed by atoms with Crippen LogP contribution in [0, 0.1) is 12.3 Å². The first-order valence-corrected chi connectivity index (χ1v) is 11.6. The van der Waals surface area contributed by atoms with Crippen LogP contribution in [-0.4, -0.2) is 60.7 Å². The Morgan fingerprint density at radius 2 is 1.97 bits per heavy atom. The highest BCUT2D eigenvalue weighted by Gasteiger charge is 2.39.